The van der Waals surface area contributed by atoms with Crippen molar-refractivity contribution in [3.8, 4) is 11.6 Å². The summed E-state index contributed by atoms with van der Waals surface area (Å²) in [5.41, 5.74) is 8.05. The number of hydrogen-bond acceptors (Lipinski definition) is 4. The van der Waals surface area contributed by atoms with Crippen LogP contribution in [0.5, 0.6) is 0 Å². The molecule has 1 aromatic carbocycles. The monoisotopic (exact) mass is 257 g/mol. The zero-order valence-corrected chi connectivity index (χ0v) is 10.6. The lowest BCUT2D eigenvalue weighted by molar-refractivity contribution is 0.187. The number of nitrogens with zero attached hydrogens (tertiary/aromatic N) is 2. The quantitative estimate of drug-likeness (QED) is 0.750. The van der Waals surface area contributed by atoms with Crippen molar-refractivity contribution in [3.05, 3.63) is 42.2 Å². The highest BCUT2D eigenvalue weighted by atomic mass is 16.3. The fraction of sp³-hybridized carbons (Fsp3) is 0.214. The number of aliphatic hydroxyl groups excluding tert-OH is 1. The van der Waals surface area contributed by atoms with E-state index in [1.54, 1.807) is 6.26 Å². The van der Waals surface area contributed by atoms with E-state index in [0.29, 0.717) is 0 Å². The molecule has 2 heterocycles. The zero-order chi connectivity index (χ0) is 13.4. The highest BCUT2D eigenvalue weighted by Crippen LogP contribution is 2.26. The predicted molar refractivity (Wildman–Crippen MR) is 72.4 cm³/mol. The first-order valence-electron chi connectivity index (χ1n) is 6.09. The van der Waals surface area contributed by atoms with Gasteiger partial charge in [-0.1, -0.05) is 6.07 Å². The summed E-state index contributed by atoms with van der Waals surface area (Å²) in [6.45, 7) is 0.198. The number of nitrogens with two attached hydrogens (primary N) is 1. The molecule has 5 heteroatoms. The predicted octanol–water partition coefficient (Wildman–Crippen LogP) is 1.83. The van der Waals surface area contributed by atoms with Gasteiger partial charge in [0.25, 0.3) is 0 Å². The van der Waals surface area contributed by atoms with Crippen molar-refractivity contribution in [2.45, 2.75) is 6.10 Å². The minimum absolute atomic E-state index is 0.198. The topological polar surface area (TPSA) is 77.2 Å². The second-order valence-corrected chi connectivity index (χ2v) is 4.47. The number of furan rings is 1. The van der Waals surface area contributed by atoms with Crippen LogP contribution in [0.25, 0.3) is 22.6 Å². The van der Waals surface area contributed by atoms with E-state index in [2.05, 4.69) is 4.98 Å². The highest BCUT2D eigenvalue weighted by Gasteiger charge is 2.13. The summed E-state index contributed by atoms with van der Waals surface area (Å²) in [7, 11) is 1.94. The number of aromatic nitrogens is 2. The molecule has 0 bridgehead atoms. The maximum atomic E-state index is 9.77. The Morgan fingerprint density at radius 2 is 2.26 bits per heavy atom. The van der Waals surface area contributed by atoms with Crippen LogP contribution in [-0.4, -0.2) is 21.2 Å². The molecule has 3 N–H and O–H groups in total. The fourth-order valence-electron chi connectivity index (χ4n) is 2.19. The Hall–Kier alpha value is -2.11. The molecule has 0 aliphatic heterocycles. The molecular formula is C14H15N3O2. The normalized spacial score (nSPS) is 13.0. The molecule has 0 aliphatic carbocycles. The van der Waals surface area contributed by atoms with Gasteiger partial charge in [0, 0.05) is 13.6 Å². The van der Waals surface area contributed by atoms with Gasteiger partial charge < -0.3 is 19.8 Å². The summed E-state index contributed by atoms with van der Waals surface area (Å²) in [4.78, 5) is 4.55. The third kappa shape index (κ3) is 1.93. The van der Waals surface area contributed by atoms with Crippen LogP contribution in [0, 0.1) is 0 Å². The van der Waals surface area contributed by atoms with Gasteiger partial charge in [-0.15, -0.1) is 0 Å². The van der Waals surface area contributed by atoms with Gasteiger partial charge in [0.05, 0.1) is 23.4 Å². The van der Waals surface area contributed by atoms with E-state index in [1.165, 1.54) is 0 Å². The van der Waals surface area contributed by atoms with Crippen LogP contribution in [-0.2, 0) is 7.05 Å². The average Bonchev–Trinajstić information content (AvgIpc) is 3.05. The van der Waals surface area contributed by atoms with Gasteiger partial charge in [0.1, 0.15) is 0 Å². The summed E-state index contributed by atoms with van der Waals surface area (Å²) >= 11 is 0. The minimum Gasteiger partial charge on any atom is -0.461 e. The van der Waals surface area contributed by atoms with E-state index in [9.17, 15) is 5.11 Å². The average molecular weight is 257 g/mol. The molecule has 3 rings (SSSR count). The largest absolute Gasteiger partial charge is 0.461 e. The van der Waals surface area contributed by atoms with E-state index in [4.69, 9.17) is 10.2 Å². The molecule has 98 valence electrons. The first-order valence-corrected chi connectivity index (χ1v) is 6.09. The molecule has 2 aromatic heterocycles. The zero-order valence-electron chi connectivity index (χ0n) is 10.6. The number of aliphatic hydroxyl groups is 1. The van der Waals surface area contributed by atoms with Gasteiger partial charge in [-0.05, 0) is 29.8 Å². The SMILES string of the molecule is Cn1c(-c2ccco2)nc2cc(C(O)CN)ccc21. The number of imidazole rings is 1. The van der Waals surface area contributed by atoms with Gasteiger partial charge in [-0.25, -0.2) is 4.98 Å². The van der Waals surface area contributed by atoms with Gasteiger partial charge in [-0.3, -0.25) is 0 Å². The molecule has 0 radical (unpaired) electrons. The maximum Gasteiger partial charge on any atom is 0.176 e. The Bertz CT molecular complexity index is 701. The van der Waals surface area contributed by atoms with Crippen LogP contribution in [0.1, 0.15) is 11.7 Å². The van der Waals surface area contributed by atoms with Crippen LogP contribution in [0.3, 0.4) is 0 Å². The Balaban J connectivity index is 2.15. The Labute approximate surface area is 110 Å². The van der Waals surface area contributed by atoms with Crippen molar-refractivity contribution in [2.24, 2.45) is 12.8 Å². The Morgan fingerprint density at radius 3 is 2.95 bits per heavy atom. The van der Waals surface area contributed by atoms with Crippen molar-refractivity contribution < 1.29 is 9.52 Å². The Kier molecular flexibility index (Phi) is 2.85. The number of aryl methyl sites for hydroxylation is 1. The second kappa shape index (κ2) is 4.53. The summed E-state index contributed by atoms with van der Waals surface area (Å²) in [5, 5.41) is 9.77. The molecule has 0 amide bonds. The maximum absolute atomic E-state index is 9.77. The highest BCUT2D eigenvalue weighted by molar-refractivity contribution is 5.80. The molecule has 5 nitrogen and oxygen atoms in total. The number of benzene rings is 1. The van der Waals surface area contributed by atoms with Crippen LogP contribution >= 0.6 is 0 Å². The number of hydrogen-bond donors (Lipinski definition) is 2. The third-order valence-corrected chi connectivity index (χ3v) is 3.25. The molecule has 0 aliphatic rings. The van der Waals surface area contributed by atoms with Gasteiger partial charge >= 0.3 is 0 Å². The Morgan fingerprint density at radius 1 is 1.42 bits per heavy atom. The van der Waals surface area contributed by atoms with Gasteiger partial charge in [0.2, 0.25) is 0 Å². The van der Waals surface area contributed by atoms with Crippen LogP contribution in [0.15, 0.2) is 41.0 Å². The van der Waals surface area contributed by atoms with E-state index < -0.39 is 6.10 Å². The molecule has 19 heavy (non-hydrogen) atoms. The molecule has 1 unspecified atom stereocenters. The number of rotatable bonds is 3. The molecule has 0 saturated heterocycles. The standard InChI is InChI=1S/C14H15N3O2/c1-17-11-5-4-9(12(18)8-15)7-10(11)16-14(17)13-3-2-6-19-13/h2-7,12,18H,8,15H2,1H3. The van der Waals surface area contributed by atoms with Crippen molar-refractivity contribution in [1.29, 1.82) is 0 Å². The van der Waals surface area contributed by atoms with E-state index >= 15 is 0 Å². The van der Waals surface area contributed by atoms with E-state index in [1.807, 2.05) is 41.9 Å². The van der Waals surface area contributed by atoms with Crippen molar-refractivity contribution >= 4 is 11.0 Å². The van der Waals surface area contributed by atoms with Gasteiger partial charge in [0.15, 0.2) is 11.6 Å². The van der Waals surface area contributed by atoms with Crippen molar-refractivity contribution in [1.82, 2.24) is 9.55 Å². The van der Waals surface area contributed by atoms with Crippen LogP contribution in [0.4, 0.5) is 0 Å². The summed E-state index contributed by atoms with van der Waals surface area (Å²) in [5.74, 6) is 1.49. The summed E-state index contributed by atoms with van der Waals surface area (Å²) < 4.78 is 7.34. The van der Waals surface area contributed by atoms with Crippen LogP contribution < -0.4 is 5.73 Å². The minimum atomic E-state index is -0.654. The first-order chi connectivity index (χ1) is 9.20. The summed E-state index contributed by atoms with van der Waals surface area (Å²) in [6, 6.07) is 9.37. The lowest BCUT2D eigenvalue weighted by atomic mass is 10.1. The van der Waals surface area contributed by atoms with Crippen molar-refractivity contribution in [3.63, 3.8) is 0 Å². The smallest absolute Gasteiger partial charge is 0.176 e. The molecule has 0 fully saturated rings. The molecule has 0 saturated carbocycles. The first kappa shape index (κ1) is 12.0. The van der Waals surface area contributed by atoms with Gasteiger partial charge in [-0.2, -0.15) is 0 Å². The van der Waals surface area contributed by atoms with Crippen LogP contribution in [0.2, 0.25) is 0 Å². The lowest BCUT2D eigenvalue weighted by Gasteiger charge is -2.07. The molecule has 3 aromatic rings. The van der Waals surface area contributed by atoms with Crippen molar-refractivity contribution in [2.75, 3.05) is 6.54 Å². The molecular weight excluding hydrogens is 242 g/mol. The fourth-order valence-corrected chi connectivity index (χ4v) is 2.19. The summed E-state index contributed by atoms with van der Waals surface area (Å²) in [6.07, 6.45) is 0.969. The molecule has 0 spiro atoms. The van der Waals surface area contributed by atoms with E-state index in [0.717, 1.165) is 28.2 Å². The second-order valence-electron chi connectivity index (χ2n) is 4.47. The number of fused-ring (bicyclic) bond motifs is 1. The lowest BCUT2D eigenvalue weighted by Crippen LogP contribution is -2.11. The molecule has 1 atom stereocenters. The third-order valence-electron chi connectivity index (χ3n) is 3.25. The van der Waals surface area contributed by atoms with E-state index in [-0.39, 0.29) is 6.54 Å².